The Hall–Kier alpha value is 0.310. The summed E-state index contributed by atoms with van der Waals surface area (Å²) >= 11 is 2.01. The molecule has 0 heterocycles. The Bertz CT molecular complexity index is 54.9. The van der Waals surface area contributed by atoms with Crippen molar-refractivity contribution in [1.29, 1.82) is 0 Å². The molecule has 0 fully saturated rings. The van der Waals surface area contributed by atoms with Crippen LogP contribution < -0.4 is 0 Å². The van der Waals surface area contributed by atoms with Crippen LogP contribution in [-0.4, -0.2) is 30.6 Å². The molecule has 1 nitrogen and oxygen atoms in total. The number of hydrogen-bond donors (Lipinski definition) is 0. The van der Waals surface area contributed by atoms with E-state index in [1.54, 1.807) is 0 Å². The maximum atomic E-state index is 2.23. The Morgan fingerprint density at radius 3 is 2.44 bits per heavy atom. The minimum atomic E-state index is 1.17. The standard InChI is InChI=1S/C7H17NS/c1-4-5-6-9-7-8(2)3/h4-7H2,1-3H3. The van der Waals surface area contributed by atoms with E-state index < -0.39 is 0 Å². The second-order valence-electron chi connectivity index (χ2n) is 2.47. The van der Waals surface area contributed by atoms with Crippen molar-refractivity contribution in [3.63, 3.8) is 0 Å². The SMILES string of the molecule is CCCCSCN(C)C. The van der Waals surface area contributed by atoms with Crippen LogP contribution in [0.5, 0.6) is 0 Å². The minimum absolute atomic E-state index is 1.17. The van der Waals surface area contributed by atoms with E-state index in [2.05, 4.69) is 25.9 Å². The average molecular weight is 147 g/mol. The summed E-state index contributed by atoms with van der Waals surface area (Å²) < 4.78 is 0. The fraction of sp³-hybridized carbons (Fsp3) is 1.00. The van der Waals surface area contributed by atoms with E-state index in [0.717, 1.165) is 0 Å². The fourth-order valence-electron chi connectivity index (χ4n) is 0.494. The van der Waals surface area contributed by atoms with Crippen LogP contribution in [0.4, 0.5) is 0 Å². The third kappa shape index (κ3) is 8.31. The molecule has 0 spiro atoms. The van der Waals surface area contributed by atoms with Gasteiger partial charge < -0.3 is 4.90 Å². The Labute approximate surface area is 62.8 Å². The summed E-state index contributed by atoms with van der Waals surface area (Å²) in [4.78, 5) is 2.21. The highest BCUT2D eigenvalue weighted by atomic mass is 32.2. The summed E-state index contributed by atoms with van der Waals surface area (Å²) in [6.07, 6.45) is 2.68. The van der Waals surface area contributed by atoms with Crippen LogP contribution in [0.25, 0.3) is 0 Å². The van der Waals surface area contributed by atoms with Gasteiger partial charge in [0.25, 0.3) is 0 Å². The number of unbranched alkanes of at least 4 members (excludes halogenated alkanes) is 1. The molecule has 0 unspecified atom stereocenters. The topological polar surface area (TPSA) is 3.24 Å². The van der Waals surface area contributed by atoms with Gasteiger partial charge in [-0.25, -0.2) is 0 Å². The number of rotatable bonds is 5. The zero-order valence-electron chi connectivity index (χ0n) is 6.68. The van der Waals surface area contributed by atoms with Crippen molar-refractivity contribution in [2.45, 2.75) is 19.8 Å². The predicted molar refractivity (Wildman–Crippen MR) is 45.9 cm³/mol. The molecule has 9 heavy (non-hydrogen) atoms. The maximum Gasteiger partial charge on any atom is 0.0438 e. The van der Waals surface area contributed by atoms with Crippen molar-refractivity contribution >= 4 is 11.8 Å². The fourth-order valence-corrected chi connectivity index (χ4v) is 1.48. The van der Waals surface area contributed by atoms with Crippen LogP contribution in [0.1, 0.15) is 19.8 Å². The minimum Gasteiger partial charge on any atom is -0.300 e. The highest BCUT2D eigenvalue weighted by Crippen LogP contribution is 2.03. The normalized spacial score (nSPS) is 10.7. The van der Waals surface area contributed by atoms with Crippen molar-refractivity contribution < 1.29 is 0 Å². The van der Waals surface area contributed by atoms with E-state index in [0.29, 0.717) is 0 Å². The van der Waals surface area contributed by atoms with E-state index in [-0.39, 0.29) is 0 Å². The van der Waals surface area contributed by atoms with Crippen LogP contribution in [0.15, 0.2) is 0 Å². The molecule has 0 radical (unpaired) electrons. The van der Waals surface area contributed by atoms with Gasteiger partial charge in [0, 0.05) is 5.88 Å². The van der Waals surface area contributed by atoms with E-state index in [9.17, 15) is 0 Å². The first-order chi connectivity index (χ1) is 4.27. The lowest BCUT2D eigenvalue weighted by Gasteiger charge is -2.07. The third-order valence-electron chi connectivity index (χ3n) is 0.992. The van der Waals surface area contributed by atoms with Gasteiger partial charge in [-0.15, -0.1) is 11.8 Å². The van der Waals surface area contributed by atoms with Crippen molar-refractivity contribution in [3.8, 4) is 0 Å². The van der Waals surface area contributed by atoms with Gasteiger partial charge in [-0.1, -0.05) is 13.3 Å². The summed E-state index contributed by atoms with van der Waals surface area (Å²) in [6, 6.07) is 0. The molecular weight excluding hydrogens is 130 g/mol. The molecule has 0 aromatic heterocycles. The molecule has 0 aliphatic rings. The van der Waals surface area contributed by atoms with Gasteiger partial charge in [-0.3, -0.25) is 0 Å². The summed E-state index contributed by atoms with van der Waals surface area (Å²) in [6.45, 7) is 2.23. The first-order valence-corrected chi connectivity index (χ1v) is 4.65. The molecule has 0 saturated carbocycles. The molecule has 0 aliphatic carbocycles. The Morgan fingerprint density at radius 2 is 2.00 bits per heavy atom. The zero-order chi connectivity index (χ0) is 7.11. The number of hydrogen-bond acceptors (Lipinski definition) is 2. The Morgan fingerprint density at radius 1 is 1.33 bits per heavy atom. The molecule has 0 aromatic rings. The van der Waals surface area contributed by atoms with Gasteiger partial charge in [0.1, 0.15) is 0 Å². The van der Waals surface area contributed by atoms with Crippen LogP contribution >= 0.6 is 11.8 Å². The van der Waals surface area contributed by atoms with Crippen molar-refractivity contribution in [2.75, 3.05) is 25.7 Å². The quantitative estimate of drug-likeness (QED) is 0.432. The highest BCUT2D eigenvalue weighted by molar-refractivity contribution is 7.99. The molecule has 0 aliphatic heterocycles. The second kappa shape index (κ2) is 6.43. The maximum absolute atomic E-state index is 2.23. The molecule has 0 atom stereocenters. The molecule has 0 rings (SSSR count). The van der Waals surface area contributed by atoms with E-state index >= 15 is 0 Å². The third-order valence-corrected chi connectivity index (χ3v) is 2.27. The van der Waals surface area contributed by atoms with Gasteiger partial charge in [0.15, 0.2) is 0 Å². The summed E-state index contributed by atoms with van der Waals surface area (Å²) in [5.74, 6) is 2.48. The van der Waals surface area contributed by atoms with Gasteiger partial charge >= 0.3 is 0 Å². The van der Waals surface area contributed by atoms with Crippen LogP contribution in [-0.2, 0) is 0 Å². The Balaban J connectivity index is 2.75. The average Bonchev–Trinajstić information content (AvgIpc) is 1.80. The van der Waals surface area contributed by atoms with Gasteiger partial charge in [0.2, 0.25) is 0 Å². The van der Waals surface area contributed by atoms with Crippen molar-refractivity contribution in [3.05, 3.63) is 0 Å². The van der Waals surface area contributed by atoms with E-state index in [1.165, 1.54) is 24.5 Å². The first-order valence-electron chi connectivity index (χ1n) is 3.50. The zero-order valence-corrected chi connectivity index (χ0v) is 7.50. The molecular formula is C7H17NS. The van der Waals surface area contributed by atoms with Crippen LogP contribution in [0.3, 0.4) is 0 Å². The summed E-state index contributed by atoms with van der Waals surface area (Å²) in [7, 11) is 4.22. The lowest BCUT2D eigenvalue weighted by molar-refractivity contribution is 0.485. The molecule has 0 N–H and O–H groups in total. The lowest BCUT2D eigenvalue weighted by Crippen LogP contribution is -2.10. The van der Waals surface area contributed by atoms with E-state index in [1.807, 2.05) is 11.8 Å². The monoisotopic (exact) mass is 147 g/mol. The smallest absolute Gasteiger partial charge is 0.0438 e. The highest BCUT2D eigenvalue weighted by Gasteiger charge is 1.88. The first kappa shape index (κ1) is 9.31. The van der Waals surface area contributed by atoms with Crippen LogP contribution in [0.2, 0.25) is 0 Å². The van der Waals surface area contributed by atoms with Crippen LogP contribution in [0, 0.1) is 0 Å². The molecule has 0 saturated heterocycles. The predicted octanol–water partition coefficient (Wildman–Crippen LogP) is 2.04. The van der Waals surface area contributed by atoms with Gasteiger partial charge in [-0.2, -0.15) is 0 Å². The van der Waals surface area contributed by atoms with E-state index in [4.69, 9.17) is 0 Å². The number of thioether (sulfide) groups is 1. The van der Waals surface area contributed by atoms with Gasteiger partial charge in [0.05, 0.1) is 0 Å². The molecule has 2 heteroatoms. The lowest BCUT2D eigenvalue weighted by atomic mass is 10.4. The molecule has 0 amide bonds. The van der Waals surface area contributed by atoms with Crippen molar-refractivity contribution in [1.82, 2.24) is 4.90 Å². The summed E-state index contributed by atoms with van der Waals surface area (Å²) in [5.41, 5.74) is 0. The second-order valence-corrected chi connectivity index (χ2v) is 3.55. The molecule has 0 aromatic carbocycles. The van der Waals surface area contributed by atoms with Crippen molar-refractivity contribution in [2.24, 2.45) is 0 Å². The summed E-state index contributed by atoms with van der Waals surface area (Å²) in [5, 5.41) is 0. The largest absolute Gasteiger partial charge is 0.300 e. The Kier molecular flexibility index (Phi) is 6.65. The van der Waals surface area contributed by atoms with Gasteiger partial charge in [-0.05, 0) is 26.3 Å². The molecule has 56 valence electrons. The number of nitrogens with zero attached hydrogens (tertiary/aromatic N) is 1. The molecule has 0 bridgehead atoms.